The summed E-state index contributed by atoms with van der Waals surface area (Å²) in [6, 6.07) is 9.80. The Bertz CT molecular complexity index is 843. The molecule has 144 valence electrons. The third-order valence-corrected chi connectivity index (χ3v) is 6.08. The summed E-state index contributed by atoms with van der Waals surface area (Å²) in [5.74, 6) is 0.676. The minimum Gasteiger partial charge on any atom is -0.356 e. The van der Waals surface area contributed by atoms with Gasteiger partial charge in [0, 0.05) is 18.5 Å². The molecule has 9 heteroatoms. The van der Waals surface area contributed by atoms with E-state index in [1.165, 1.54) is 22.8 Å². The summed E-state index contributed by atoms with van der Waals surface area (Å²) in [4.78, 5) is 5.06. The maximum absolute atomic E-state index is 11.3. The lowest BCUT2D eigenvalue weighted by Crippen LogP contribution is -2.37. The van der Waals surface area contributed by atoms with Gasteiger partial charge in [0.25, 0.3) is 0 Å². The number of hydrogen-bond acceptors (Lipinski definition) is 4. The zero-order valence-electron chi connectivity index (χ0n) is 15.1. The van der Waals surface area contributed by atoms with Crippen LogP contribution in [0.3, 0.4) is 0 Å². The van der Waals surface area contributed by atoms with Gasteiger partial charge >= 0.3 is 0 Å². The maximum Gasteiger partial charge on any atom is 0.247 e. The molecule has 26 heavy (non-hydrogen) atoms. The molecular formula is C17H25IN4O2S2. The number of nitrogens with two attached hydrogens (primary N) is 1. The lowest BCUT2D eigenvalue weighted by atomic mass is 10.1. The number of nitrogens with zero attached hydrogens (tertiary/aromatic N) is 1. The highest BCUT2D eigenvalue weighted by Crippen LogP contribution is 2.19. The van der Waals surface area contributed by atoms with Gasteiger partial charge < -0.3 is 10.6 Å². The van der Waals surface area contributed by atoms with E-state index in [1.54, 1.807) is 13.1 Å². The summed E-state index contributed by atoms with van der Waals surface area (Å²) in [5, 5.41) is 11.6. The van der Waals surface area contributed by atoms with Crippen molar-refractivity contribution in [3.8, 4) is 0 Å². The molecule has 0 aliphatic rings. The Morgan fingerprint density at radius 2 is 1.81 bits per heavy atom. The molecule has 2 rings (SSSR count). The number of aliphatic imine (C=N–C) groups is 1. The number of aryl methyl sites for hydroxylation is 2. The van der Waals surface area contributed by atoms with Crippen LogP contribution in [0.25, 0.3) is 0 Å². The van der Waals surface area contributed by atoms with Gasteiger partial charge in [-0.2, -0.15) is 0 Å². The van der Waals surface area contributed by atoms with Crippen molar-refractivity contribution in [1.82, 2.24) is 10.6 Å². The van der Waals surface area contributed by atoms with E-state index in [-0.39, 0.29) is 28.2 Å². The number of hydrogen-bond donors (Lipinski definition) is 3. The van der Waals surface area contributed by atoms with Crippen molar-refractivity contribution in [3.63, 3.8) is 0 Å². The second kappa shape index (κ2) is 10.2. The SMILES string of the molecule is CN=C(NCCc1cc(C)cc(C)c1)NCc1ccc(S(N)(=O)=O)s1.I. The normalized spacial score (nSPS) is 11.8. The van der Waals surface area contributed by atoms with E-state index >= 15 is 0 Å². The van der Waals surface area contributed by atoms with E-state index in [9.17, 15) is 8.42 Å². The van der Waals surface area contributed by atoms with Crippen LogP contribution in [0.2, 0.25) is 0 Å². The van der Waals surface area contributed by atoms with Crippen LogP contribution in [0.5, 0.6) is 0 Å². The fraction of sp³-hybridized carbons (Fsp3) is 0.353. The van der Waals surface area contributed by atoms with Crippen molar-refractivity contribution >= 4 is 51.3 Å². The number of benzene rings is 1. The van der Waals surface area contributed by atoms with Crippen LogP contribution in [0.4, 0.5) is 0 Å². The summed E-state index contributed by atoms with van der Waals surface area (Å²) in [5.41, 5.74) is 3.82. The van der Waals surface area contributed by atoms with Crippen molar-refractivity contribution in [2.75, 3.05) is 13.6 Å². The van der Waals surface area contributed by atoms with Crippen LogP contribution in [-0.2, 0) is 23.0 Å². The second-order valence-corrected chi connectivity index (χ2v) is 8.82. The second-order valence-electron chi connectivity index (χ2n) is 5.86. The fourth-order valence-corrected chi connectivity index (χ4v) is 4.25. The lowest BCUT2D eigenvalue weighted by Gasteiger charge is -2.11. The number of sulfonamides is 1. The predicted molar refractivity (Wildman–Crippen MR) is 119 cm³/mol. The quantitative estimate of drug-likeness (QED) is 0.318. The van der Waals surface area contributed by atoms with Gasteiger partial charge in [-0.3, -0.25) is 4.99 Å². The number of rotatable bonds is 6. The highest BCUT2D eigenvalue weighted by Gasteiger charge is 2.11. The molecule has 6 nitrogen and oxygen atoms in total. The molecule has 0 amide bonds. The van der Waals surface area contributed by atoms with Crippen molar-refractivity contribution < 1.29 is 8.42 Å². The van der Waals surface area contributed by atoms with Crippen LogP contribution in [-0.4, -0.2) is 28.0 Å². The standard InChI is InChI=1S/C17H24N4O2S2.HI/c1-12-8-13(2)10-14(9-12)6-7-20-17(19-3)21-11-15-4-5-16(24-15)25(18,22)23;/h4-5,8-10H,6-7,11H2,1-3H3,(H2,18,22,23)(H2,19,20,21);1H. The van der Waals surface area contributed by atoms with Crippen molar-refractivity contribution in [3.05, 3.63) is 51.9 Å². The van der Waals surface area contributed by atoms with Crippen LogP contribution in [0.1, 0.15) is 21.6 Å². The first-order chi connectivity index (χ1) is 11.8. The zero-order chi connectivity index (χ0) is 18.4. The van der Waals surface area contributed by atoms with Gasteiger partial charge in [-0.1, -0.05) is 29.3 Å². The molecule has 0 spiro atoms. The largest absolute Gasteiger partial charge is 0.356 e. The first-order valence-corrected chi connectivity index (χ1v) is 10.3. The molecule has 1 heterocycles. The molecule has 4 N–H and O–H groups in total. The van der Waals surface area contributed by atoms with Crippen LogP contribution >= 0.6 is 35.3 Å². The van der Waals surface area contributed by atoms with Gasteiger partial charge in [0.05, 0.1) is 6.54 Å². The highest BCUT2D eigenvalue weighted by atomic mass is 127. The minimum absolute atomic E-state index is 0. The zero-order valence-corrected chi connectivity index (χ0v) is 19.0. The minimum atomic E-state index is -3.63. The van der Waals surface area contributed by atoms with E-state index in [4.69, 9.17) is 5.14 Å². The summed E-state index contributed by atoms with van der Waals surface area (Å²) in [6.45, 7) is 5.45. The van der Waals surface area contributed by atoms with Gasteiger partial charge in [-0.15, -0.1) is 35.3 Å². The summed E-state index contributed by atoms with van der Waals surface area (Å²) in [7, 11) is -1.93. The number of thiophene rings is 1. The van der Waals surface area contributed by atoms with E-state index in [0.717, 1.165) is 29.2 Å². The Morgan fingerprint density at radius 1 is 1.15 bits per heavy atom. The van der Waals surface area contributed by atoms with Crippen LogP contribution in [0.15, 0.2) is 39.5 Å². The van der Waals surface area contributed by atoms with E-state index in [1.807, 2.05) is 0 Å². The van der Waals surface area contributed by atoms with E-state index < -0.39 is 10.0 Å². The molecule has 0 saturated carbocycles. The highest BCUT2D eigenvalue weighted by molar-refractivity contribution is 14.0. The molecule has 2 aromatic rings. The Kier molecular flexibility index (Phi) is 9.01. The predicted octanol–water partition coefficient (Wildman–Crippen LogP) is 2.54. The third-order valence-electron chi connectivity index (χ3n) is 3.56. The summed E-state index contributed by atoms with van der Waals surface area (Å²) < 4.78 is 22.8. The topological polar surface area (TPSA) is 96.6 Å². The number of guanidine groups is 1. The Morgan fingerprint density at radius 3 is 2.35 bits per heavy atom. The molecule has 0 atom stereocenters. The van der Waals surface area contributed by atoms with Crippen molar-refractivity contribution in [2.45, 2.75) is 31.0 Å². The molecule has 0 saturated heterocycles. The van der Waals surface area contributed by atoms with Crippen molar-refractivity contribution in [2.24, 2.45) is 10.1 Å². The van der Waals surface area contributed by atoms with Crippen LogP contribution in [0, 0.1) is 13.8 Å². The number of nitrogens with one attached hydrogen (secondary N) is 2. The Balaban J connectivity index is 0.00000338. The molecule has 0 fully saturated rings. The third kappa shape index (κ3) is 7.22. The Hall–Kier alpha value is -1.17. The average Bonchev–Trinajstić information content (AvgIpc) is 2.99. The molecule has 0 aliphatic heterocycles. The molecule has 0 unspecified atom stereocenters. The smallest absolute Gasteiger partial charge is 0.247 e. The number of halogens is 1. The fourth-order valence-electron chi connectivity index (χ4n) is 2.54. The molecule has 0 radical (unpaired) electrons. The van der Waals surface area contributed by atoms with Gasteiger partial charge in [-0.25, -0.2) is 13.6 Å². The first-order valence-electron chi connectivity index (χ1n) is 7.91. The average molecular weight is 508 g/mol. The van der Waals surface area contributed by atoms with Gasteiger partial charge in [-0.05, 0) is 38.0 Å². The van der Waals surface area contributed by atoms with Gasteiger partial charge in [0.15, 0.2) is 5.96 Å². The van der Waals surface area contributed by atoms with Crippen molar-refractivity contribution in [1.29, 1.82) is 0 Å². The monoisotopic (exact) mass is 508 g/mol. The maximum atomic E-state index is 11.3. The number of primary sulfonamides is 1. The lowest BCUT2D eigenvalue weighted by molar-refractivity contribution is 0.600. The first kappa shape index (κ1) is 22.9. The Labute approximate surface area is 176 Å². The molecule has 1 aromatic carbocycles. The summed E-state index contributed by atoms with van der Waals surface area (Å²) in [6.07, 6.45) is 0.901. The molecule has 0 aliphatic carbocycles. The molecular weight excluding hydrogens is 483 g/mol. The van der Waals surface area contributed by atoms with Crippen LogP contribution < -0.4 is 15.8 Å². The van der Waals surface area contributed by atoms with E-state index in [2.05, 4.69) is 47.7 Å². The summed E-state index contributed by atoms with van der Waals surface area (Å²) >= 11 is 1.16. The van der Waals surface area contributed by atoms with E-state index in [0.29, 0.717) is 12.5 Å². The molecule has 0 bridgehead atoms. The molecule has 1 aromatic heterocycles. The van der Waals surface area contributed by atoms with Gasteiger partial charge in [0.2, 0.25) is 10.0 Å². The van der Waals surface area contributed by atoms with Gasteiger partial charge in [0.1, 0.15) is 4.21 Å².